The van der Waals surface area contributed by atoms with Crippen molar-refractivity contribution in [2.24, 2.45) is 0 Å². The third-order valence-corrected chi connectivity index (χ3v) is 8.91. The molecular formula is C11H23Cl3O2Si2. The SMILES string of the molecule is C/C=C(\O[Si](Cl)(Cl)Cl)[C@H](C)O[Si](C)(C)C(C)(C)C. The van der Waals surface area contributed by atoms with Crippen molar-refractivity contribution >= 4 is 47.8 Å². The van der Waals surface area contributed by atoms with E-state index in [2.05, 4.69) is 33.9 Å². The fraction of sp³-hybridized carbons (Fsp3) is 0.818. The lowest BCUT2D eigenvalue weighted by atomic mass is 10.2. The highest BCUT2D eigenvalue weighted by Crippen LogP contribution is 2.38. The second-order valence-electron chi connectivity index (χ2n) is 5.76. The molecule has 2 nitrogen and oxygen atoms in total. The van der Waals surface area contributed by atoms with Gasteiger partial charge in [0.2, 0.25) is 0 Å². The maximum atomic E-state index is 6.19. The highest BCUT2D eigenvalue weighted by atomic mass is 35.8. The Morgan fingerprint density at radius 1 is 1.17 bits per heavy atom. The van der Waals surface area contributed by atoms with Crippen LogP contribution in [0.25, 0.3) is 0 Å². The molecule has 0 spiro atoms. The van der Waals surface area contributed by atoms with Crippen molar-refractivity contribution in [2.75, 3.05) is 0 Å². The zero-order chi connectivity index (χ0) is 14.8. The molecule has 0 fully saturated rings. The van der Waals surface area contributed by atoms with Gasteiger partial charge in [-0.05, 0) is 38.1 Å². The molecule has 0 amide bonds. The average Bonchev–Trinajstić information content (AvgIpc) is 2.09. The van der Waals surface area contributed by atoms with Crippen LogP contribution in [0.1, 0.15) is 34.6 Å². The van der Waals surface area contributed by atoms with Crippen molar-refractivity contribution in [1.82, 2.24) is 0 Å². The van der Waals surface area contributed by atoms with Gasteiger partial charge < -0.3 is 8.85 Å². The molecule has 0 radical (unpaired) electrons. The van der Waals surface area contributed by atoms with Gasteiger partial charge in [0, 0.05) is 0 Å². The smallest absolute Gasteiger partial charge is 0.509 e. The minimum Gasteiger partial charge on any atom is -0.509 e. The van der Waals surface area contributed by atoms with Gasteiger partial charge in [-0.2, -0.15) is 0 Å². The van der Waals surface area contributed by atoms with E-state index in [0.717, 1.165) is 0 Å². The zero-order valence-electron chi connectivity index (χ0n) is 12.1. The Hall–Kier alpha value is 0.804. The van der Waals surface area contributed by atoms with Gasteiger partial charge in [0.05, 0.1) is 6.10 Å². The zero-order valence-corrected chi connectivity index (χ0v) is 16.4. The van der Waals surface area contributed by atoms with E-state index in [9.17, 15) is 0 Å². The Bertz CT molecular complexity index is 306. The van der Waals surface area contributed by atoms with Gasteiger partial charge in [0.1, 0.15) is 5.76 Å². The Balaban J connectivity index is 4.81. The molecule has 0 aromatic carbocycles. The van der Waals surface area contributed by atoms with Crippen LogP contribution in [0.15, 0.2) is 11.8 Å². The summed E-state index contributed by atoms with van der Waals surface area (Å²) in [7, 11) is -1.86. The third-order valence-electron chi connectivity index (χ3n) is 3.20. The van der Waals surface area contributed by atoms with Crippen LogP contribution in [0.2, 0.25) is 18.1 Å². The summed E-state index contributed by atoms with van der Waals surface area (Å²) < 4.78 is 11.6. The van der Waals surface area contributed by atoms with E-state index in [4.69, 9.17) is 42.1 Å². The maximum Gasteiger partial charge on any atom is 0.555 e. The molecule has 0 aliphatic carbocycles. The molecule has 108 valence electrons. The molecule has 0 aromatic rings. The van der Waals surface area contributed by atoms with Crippen LogP contribution < -0.4 is 0 Å². The van der Waals surface area contributed by atoms with Gasteiger partial charge in [-0.15, -0.1) is 0 Å². The van der Waals surface area contributed by atoms with Crippen molar-refractivity contribution in [3.8, 4) is 0 Å². The lowest BCUT2D eigenvalue weighted by Gasteiger charge is -2.39. The van der Waals surface area contributed by atoms with Crippen molar-refractivity contribution in [3.05, 3.63) is 11.8 Å². The summed E-state index contributed by atoms with van der Waals surface area (Å²) in [5.74, 6) is 0.603. The van der Waals surface area contributed by atoms with Gasteiger partial charge in [-0.3, -0.25) is 0 Å². The highest BCUT2D eigenvalue weighted by molar-refractivity contribution is 7.62. The van der Waals surface area contributed by atoms with E-state index in [1.165, 1.54) is 0 Å². The quantitative estimate of drug-likeness (QED) is 0.372. The molecule has 0 aliphatic heterocycles. The summed E-state index contributed by atoms with van der Waals surface area (Å²) in [6.45, 7) is 14.7. The van der Waals surface area contributed by atoms with E-state index in [1.807, 2.05) is 13.8 Å². The molecule has 0 bridgehead atoms. The number of rotatable bonds is 5. The van der Waals surface area contributed by atoms with Gasteiger partial charge in [0.15, 0.2) is 8.32 Å². The van der Waals surface area contributed by atoms with Crippen LogP contribution in [0.4, 0.5) is 0 Å². The monoisotopic (exact) mass is 348 g/mol. The molecule has 0 aliphatic rings. The Labute approximate surface area is 127 Å². The first-order chi connectivity index (χ1) is 7.80. The minimum atomic E-state index is -3.14. The summed E-state index contributed by atoms with van der Waals surface area (Å²) in [6, 6.07) is 0. The van der Waals surface area contributed by atoms with Crippen molar-refractivity contribution < 1.29 is 8.85 Å². The first kappa shape index (κ1) is 18.8. The van der Waals surface area contributed by atoms with E-state index in [1.54, 1.807) is 6.08 Å². The molecule has 0 rings (SSSR count). The highest BCUT2D eigenvalue weighted by Gasteiger charge is 2.40. The topological polar surface area (TPSA) is 18.5 Å². The number of hydrogen-bond acceptors (Lipinski definition) is 2. The summed E-state index contributed by atoms with van der Waals surface area (Å²) >= 11 is 17.3. The van der Waals surface area contributed by atoms with Crippen molar-refractivity contribution in [3.63, 3.8) is 0 Å². The maximum absolute atomic E-state index is 6.19. The van der Waals surface area contributed by atoms with E-state index >= 15 is 0 Å². The molecule has 0 saturated carbocycles. The molecule has 0 saturated heterocycles. The van der Waals surface area contributed by atoms with Crippen LogP contribution in [-0.4, -0.2) is 20.7 Å². The standard InChI is InChI=1S/C11H23Cl3O2Si2/c1-8-10(16-18(12,13)14)9(2)15-17(6,7)11(3,4)5/h8-9H,1-7H3/b10-8-/t9-/m0/s1. The van der Waals surface area contributed by atoms with Crippen LogP contribution in [0, 0.1) is 0 Å². The van der Waals surface area contributed by atoms with E-state index in [-0.39, 0.29) is 11.1 Å². The molecule has 1 atom stereocenters. The van der Waals surface area contributed by atoms with Crippen LogP contribution >= 0.6 is 33.2 Å². The average molecular weight is 350 g/mol. The molecule has 0 N–H and O–H groups in total. The molecular weight excluding hydrogens is 327 g/mol. The van der Waals surface area contributed by atoms with Gasteiger partial charge in [-0.25, -0.2) is 0 Å². The lowest BCUT2D eigenvalue weighted by molar-refractivity contribution is 0.184. The predicted octanol–water partition coefficient (Wildman–Crippen LogP) is 5.47. The number of hydrogen-bond donors (Lipinski definition) is 0. The molecule has 0 heterocycles. The second-order valence-corrected chi connectivity index (χ2v) is 18.1. The van der Waals surface area contributed by atoms with Crippen molar-refractivity contribution in [2.45, 2.75) is 58.9 Å². The van der Waals surface area contributed by atoms with E-state index in [0.29, 0.717) is 5.76 Å². The van der Waals surface area contributed by atoms with Crippen molar-refractivity contribution in [1.29, 1.82) is 0 Å². The molecule has 0 aromatic heterocycles. The van der Waals surface area contributed by atoms with Crippen LogP contribution in [-0.2, 0) is 8.85 Å². The second kappa shape index (κ2) is 6.50. The van der Waals surface area contributed by atoms with Gasteiger partial charge in [0.25, 0.3) is 0 Å². The van der Waals surface area contributed by atoms with Crippen LogP contribution in [0.5, 0.6) is 0 Å². The van der Waals surface area contributed by atoms with E-state index < -0.39 is 14.6 Å². The fourth-order valence-electron chi connectivity index (χ4n) is 1.19. The molecule has 7 heteroatoms. The van der Waals surface area contributed by atoms with Crippen LogP contribution in [0.3, 0.4) is 0 Å². The summed E-state index contributed by atoms with van der Waals surface area (Å²) in [6.07, 6.45) is -1.54. The number of allylic oxidation sites excluding steroid dienone is 1. The van der Waals surface area contributed by atoms with Gasteiger partial charge in [-0.1, -0.05) is 54.0 Å². The summed E-state index contributed by atoms with van der Waals surface area (Å²) in [5.41, 5.74) is 0. The first-order valence-corrected chi connectivity index (χ1v) is 13.7. The number of halogens is 3. The summed E-state index contributed by atoms with van der Waals surface area (Å²) in [4.78, 5) is 0. The largest absolute Gasteiger partial charge is 0.555 e. The predicted molar refractivity (Wildman–Crippen MR) is 85.9 cm³/mol. The Kier molecular flexibility index (Phi) is 6.79. The lowest BCUT2D eigenvalue weighted by Crippen LogP contribution is -2.44. The van der Waals surface area contributed by atoms with Gasteiger partial charge >= 0.3 is 6.25 Å². The minimum absolute atomic E-state index is 0.136. The fourth-order valence-corrected chi connectivity index (χ4v) is 3.89. The molecule has 18 heavy (non-hydrogen) atoms. The Morgan fingerprint density at radius 2 is 1.61 bits per heavy atom. The Morgan fingerprint density at radius 3 is 1.89 bits per heavy atom. The first-order valence-electron chi connectivity index (χ1n) is 5.90. The normalized spacial score (nSPS) is 16.7. The third kappa shape index (κ3) is 6.30. The molecule has 0 unspecified atom stereocenters. The summed E-state index contributed by atoms with van der Waals surface area (Å²) in [5, 5.41) is 0.136.